The molecule has 3 N–H and O–H groups in total. The normalized spacial score (nSPS) is 13.8. The minimum atomic E-state index is -3.19. The van der Waals surface area contributed by atoms with E-state index in [-0.39, 0.29) is 12.6 Å². The standard InChI is InChI=1S/C17H35N7O2S/c1-6-16-23-20-13-24(16)12-11-19-17(18-9-10-21-27(5,25)26)22-15(4)8-7-14(2)3/h13-15,21H,6-12H2,1-5H3,(H2,18,19,22). The first-order chi connectivity index (χ1) is 12.7. The average Bonchev–Trinajstić information content (AvgIpc) is 3.03. The first-order valence-electron chi connectivity index (χ1n) is 9.57. The molecule has 1 aromatic heterocycles. The molecule has 1 atom stereocenters. The van der Waals surface area contributed by atoms with Gasteiger partial charge in [0.15, 0.2) is 5.96 Å². The van der Waals surface area contributed by atoms with Crippen molar-refractivity contribution >= 4 is 16.0 Å². The quantitative estimate of drug-likeness (QED) is 0.271. The van der Waals surface area contributed by atoms with Gasteiger partial charge in [-0.25, -0.2) is 13.1 Å². The molecule has 1 aromatic rings. The largest absolute Gasteiger partial charge is 0.355 e. The molecule has 0 aliphatic carbocycles. The number of nitrogens with zero attached hydrogens (tertiary/aromatic N) is 4. The highest BCUT2D eigenvalue weighted by Gasteiger charge is 2.08. The molecular weight excluding hydrogens is 366 g/mol. The maximum absolute atomic E-state index is 11.2. The van der Waals surface area contributed by atoms with Gasteiger partial charge < -0.3 is 15.2 Å². The van der Waals surface area contributed by atoms with E-state index in [9.17, 15) is 8.42 Å². The molecule has 0 saturated heterocycles. The monoisotopic (exact) mass is 401 g/mol. The zero-order valence-corrected chi connectivity index (χ0v) is 18.0. The summed E-state index contributed by atoms with van der Waals surface area (Å²) in [5.41, 5.74) is 0. The lowest BCUT2D eigenvalue weighted by atomic mass is 10.0. The smallest absolute Gasteiger partial charge is 0.208 e. The van der Waals surface area contributed by atoms with E-state index >= 15 is 0 Å². The molecule has 1 heterocycles. The molecule has 0 saturated carbocycles. The summed E-state index contributed by atoms with van der Waals surface area (Å²) in [6.07, 6.45) is 5.89. The predicted octanol–water partition coefficient (Wildman–Crippen LogP) is 0.750. The Labute approximate surface area is 163 Å². The van der Waals surface area contributed by atoms with E-state index in [0.29, 0.717) is 25.0 Å². The summed E-state index contributed by atoms with van der Waals surface area (Å²) in [6.45, 7) is 10.6. The molecule has 1 rings (SSSR count). The van der Waals surface area contributed by atoms with E-state index < -0.39 is 10.0 Å². The van der Waals surface area contributed by atoms with E-state index in [1.165, 1.54) is 0 Å². The molecule has 0 radical (unpaired) electrons. The van der Waals surface area contributed by atoms with Crippen LogP contribution < -0.4 is 15.4 Å². The van der Waals surface area contributed by atoms with E-state index in [0.717, 1.165) is 37.9 Å². The van der Waals surface area contributed by atoms with Crippen LogP contribution in [0.3, 0.4) is 0 Å². The van der Waals surface area contributed by atoms with E-state index in [4.69, 9.17) is 0 Å². The van der Waals surface area contributed by atoms with Gasteiger partial charge in [-0.15, -0.1) is 10.2 Å². The van der Waals surface area contributed by atoms with Gasteiger partial charge >= 0.3 is 0 Å². The van der Waals surface area contributed by atoms with Gasteiger partial charge in [0, 0.05) is 32.1 Å². The van der Waals surface area contributed by atoms with Crippen LogP contribution in [0.5, 0.6) is 0 Å². The zero-order chi connectivity index (χ0) is 20.3. The second-order valence-electron chi connectivity index (χ2n) is 7.13. The van der Waals surface area contributed by atoms with Gasteiger partial charge in [-0.3, -0.25) is 4.99 Å². The molecule has 0 amide bonds. The maximum atomic E-state index is 11.2. The third kappa shape index (κ3) is 10.9. The van der Waals surface area contributed by atoms with Crippen molar-refractivity contribution in [3.8, 4) is 0 Å². The average molecular weight is 402 g/mol. The van der Waals surface area contributed by atoms with Gasteiger partial charge in [-0.1, -0.05) is 20.8 Å². The molecule has 0 aromatic carbocycles. The molecular formula is C17H35N7O2S. The third-order valence-corrected chi connectivity index (χ3v) is 4.69. The highest BCUT2D eigenvalue weighted by atomic mass is 32.2. The van der Waals surface area contributed by atoms with Crippen molar-refractivity contribution in [2.24, 2.45) is 10.9 Å². The predicted molar refractivity (Wildman–Crippen MR) is 109 cm³/mol. The lowest BCUT2D eigenvalue weighted by molar-refractivity contribution is 0.487. The number of rotatable bonds is 12. The van der Waals surface area contributed by atoms with Crippen LogP contribution in [0.15, 0.2) is 11.3 Å². The molecule has 10 heteroatoms. The Kier molecular flexibility index (Phi) is 10.3. The first-order valence-corrected chi connectivity index (χ1v) is 11.5. The number of aliphatic imine (C=N–C) groups is 1. The lowest BCUT2D eigenvalue weighted by Gasteiger charge is -2.19. The van der Waals surface area contributed by atoms with Crippen LogP contribution in [0.1, 0.15) is 46.4 Å². The van der Waals surface area contributed by atoms with Crippen LogP contribution in [0.25, 0.3) is 0 Å². The van der Waals surface area contributed by atoms with Crippen molar-refractivity contribution in [3.63, 3.8) is 0 Å². The number of hydrogen-bond donors (Lipinski definition) is 3. The first kappa shape index (κ1) is 23.4. The number of nitrogens with one attached hydrogen (secondary N) is 3. The third-order valence-electron chi connectivity index (χ3n) is 3.96. The Balaban J connectivity index is 2.57. The van der Waals surface area contributed by atoms with Crippen LogP contribution in [-0.4, -0.2) is 61.1 Å². The number of aryl methyl sites for hydroxylation is 1. The van der Waals surface area contributed by atoms with E-state index in [1.54, 1.807) is 6.33 Å². The number of guanidine groups is 1. The Morgan fingerprint density at radius 3 is 2.63 bits per heavy atom. The van der Waals surface area contributed by atoms with Gasteiger partial charge in [0.1, 0.15) is 12.2 Å². The fraction of sp³-hybridized carbons (Fsp3) is 0.824. The molecule has 0 fully saturated rings. The number of sulfonamides is 1. The van der Waals surface area contributed by atoms with Gasteiger partial charge in [-0.2, -0.15) is 0 Å². The summed E-state index contributed by atoms with van der Waals surface area (Å²) in [5, 5.41) is 14.7. The Hall–Kier alpha value is -1.68. The Morgan fingerprint density at radius 1 is 1.26 bits per heavy atom. The van der Waals surface area contributed by atoms with Gasteiger partial charge in [0.2, 0.25) is 10.0 Å². The maximum Gasteiger partial charge on any atom is 0.208 e. The Morgan fingerprint density at radius 2 is 2.00 bits per heavy atom. The SMILES string of the molecule is CCc1nncn1CCNC(=NCCNS(C)(=O)=O)NC(C)CCC(C)C. The van der Waals surface area contributed by atoms with Crippen molar-refractivity contribution in [3.05, 3.63) is 12.2 Å². The highest BCUT2D eigenvalue weighted by Crippen LogP contribution is 2.06. The molecule has 0 aliphatic rings. The van der Waals surface area contributed by atoms with Gasteiger partial charge in [-0.05, 0) is 25.7 Å². The van der Waals surface area contributed by atoms with Crippen molar-refractivity contribution in [1.29, 1.82) is 0 Å². The van der Waals surface area contributed by atoms with E-state index in [1.807, 2.05) is 11.5 Å². The Bertz CT molecular complexity index is 671. The minimum absolute atomic E-state index is 0.275. The van der Waals surface area contributed by atoms with Crippen LogP contribution in [0.2, 0.25) is 0 Å². The van der Waals surface area contributed by atoms with Crippen LogP contribution in [0, 0.1) is 5.92 Å². The molecule has 0 spiro atoms. The molecule has 9 nitrogen and oxygen atoms in total. The fourth-order valence-corrected chi connectivity index (χ4v) is 2.94. The summed E-state index contributed by atoms with van der Waals surface area (Å²) in [6, 6.07) is 0.280. The molecule has 27 heavy (non-hydrogen) atoms. The summed E-state index contributed by atoms with van der Waals surface area (Å²) in [4.78, 5) is 4.48. The fourth-order valence-electron chi connectivity index (χ4n) is 2.47. The molecule has 0 bridgehead atoms. The number of aromatic nitrogens is 3. The van der Waals surface area contributed by atoms with Crippen molar-refractivity contribution < 1.29 is 8.42 Å². The van der Waals surface area contributed by atoms with Crippen molar-refractivity contribution in [2.45, 2.75) is 59.5 Å². The highest BCUT2D eigenvalue weighted by molar-refractivity contribution is 7.88. The second-order valence-corrected chi connectivity index (χ2v) is 8.97. The lowest BCUT2D eigenvalue weighted by Crippen LogP contribution is -2.44. The summed E-state index contributed by atoms with van der Waals surface area (Å²) >= 11 is 0. The summed E-state index contributed by atoms with van der Waals surface area (Å²) in [5.74, 6) is 2.29. The van der Waals surface area contributed by atoms with Crippen LogP contribution in [0.4, 0.5) is 0 Å². The van der Waals surface area contributed by atoms with Crippen LogP contribution >= 0.6 is 0 Å². The molecule has 0 aliphatic heterocycles. The zero-order valence-electron chi connectivity index (χ0n) is 17.2. The van der Waals surface area contributed by atoms with Gasteiger partial charge in [0.25, 0.3) is 0 Å². The topological polar surface area (TPSA) is 113 Å². The summed E-state index contributed by atoms with van der Waals surface area (Å²) in [7, 11) is -3.19. The number of hydrogen-bond acceptors (Lipinski definition) is 5. The van der Waals surface area contributed by atoms with Crippen molar-refractivity contribution in [2.75, 3.05) is 25.9 Å². The van der Waals surface area contributed by atoms with Gasteiger partial charge in [0.05, 0.1) is 12.8 Å². The second kappa shape index (κ2) is 11.9. The molecule has 1 unspecified atom stereocenters. The molecule has 156 valence electrons. The van der Waals surface area contributed by atoms with Crippen molar-refractivity contribution in [1.82, 2.24) is 30.1 Å². The summed E-state index contributed by atoms with van der Waals surface area (Å²) < 4.78 is 26.8. The van der Waals surface area contributed by atoms with E-state index in [2.05, 4.69) is 51.3 Å². The van der Waals surface area contributed by atoms with Crippen LogP contribution in [-0.2, 0) is 23.0 Å². The minimum Gasteiger partial charge on any atom is -0.355 e.